The maximum absolute atomic E-state index is 11.4. The van der Waals surface area contributed by atoms with Crippen molar-refractivity contribution in [2.24, 2.45) is 5.10 Å². The Morgan fingerprint density at radius 2 is 1.65 bits per heavy atom. The average Bonchev–Trinajstić information content (AvgIpc) is 2.79. The van der Waals surface area contributed by atoms with Crippen LogP contribution in [0.1, 0.15) is 11.1 Å². The number of hydrogen-bond donors (Lipinski definition) is 1. The molecule has 0 aromatic heterocycles. The summed E-state index contributed by atoms with van der Waals surface area (Å²) >= 11 is 0. The molecule has 0 aliphatic heterocycles. The molecule has 0 saturated heterocycles. The van der Waals surface area contributed by atoms with Crippen LogP contribution in [0.4, 0.5) is 17.1 Å². The molecule has 1 N–H and O–H groups in total. The summed E-state index contributed by atoms with van der Waals surface area (Å²) in [6.07, 6.45) is 0. The predicted molar refractivity (Wildman–Crippen MR) is 115 cm³/mol. The summed E-state index contributed by atoms with van der Waals surface area (Å²) in [5.74, 6) is 1.08. The van der Waals surface area contributed by atoms with Gasteiger partial charge in [0.1, 0.15) is 22.9 Å². The van der Waals surface area contributed by atoms with E-state index >= 15 is 0 Å². The van der Waals surface area contributed by atoms with E-state index in [4.69, 9.17) is 9.47 Å². The predicted octanol–water partition coefficient (Wildman–Crippen LogP) is 4.38. The van der Waals surface area contributed by atoms with Crippen molar-refractivity contribution in [3.05, 3.63) is 98.1 Å². The highest BCUT2D eigenvalue weighted by molar-refractivity contribution is 6.14. The van der Waals surface area contributed by atoms with Gasteiger partial charge in [0.2, 0.25) is 0 Å². The first kappa shape index (κ1) is 21.2. The van der Waals surface area contributed by atoms with Gasteiger partial charge in [-0.3, -0.25) is 25.7 Å². The highest BCUT2D eigenvalue weighted by Crippen LogP contribution is 2.30. The van der Waals surface area contributed by atoms with Gasteiger partial charge < -0.3 is 9.47 Å². The van der Waals surface area contributed by atoms with Gasteiger partial charge in [0.15, 0.2) is 0 Å². The van der Waals surface area contributed by atoms with E-state index in [9.17, 15) is 20.2 Å². The number of anilines is 1. The van der Waals surface area contributed by atoms with Gasteiger partial charge in [-0.2, -0.15) is 5.10 Å². The molecule has 0 radical (unpaired) electrons. The first-order chi connectivity index (χ1) is 14.9. The third kappa shape index (κ3) is 4.75. The monoisotopic (exact) mass is 422 g/mol. The highest BCUT2D eigenvalue weighted by Gasteiger charge is 2.20. The number of nitro groups is 2. The molecule has 3 aromatic rings. The quantitative estimate of drug-likeness (QED) is 0.324. The first-order valence-electron chi connectivity index (χ1n) is 8.99. The van der Waals surface area contributed by atoms with Gasteiger partial charge in [-0.05, 0) is 18.2 Å². The van der Waals surface area contributed by atoms with Gasteiger partial charge in [-0.25, -0.2) is 0 Å². The molecule has 0 aliphatic carbocycles. The molecule has 0 amide bonds. The van der Waals surface area contributed by atoms with Gasteiger partial charge in [-0.1, -0.05) is 30.3 Å². The smallest absolute Gasteiger partial charge is 0.301 e. The van der Waals surface area contributed by atoms with E-state index in [1.165, 1.54) is 26.4 Å². The summed E-state index contributed by atoms with van der Waals surface area (Å²) in [5.41, 5.74) is 3.63. The molecule has 3 rings (SSSR count). The fourth-order valence-corrected chi connectivity index (χ4v) is 2.87. The summed E-state index contributed by atoms with van der Waals surface area (Å²) in [4.78, 5) is 21.0. The fourth-order valence-electron chi connectivity index (χ4n) is 2.87. The Morgan fingerprint density at radius 3 is 2.26 bits per heavy atom. The van der Waals surface area contributed by atoms with Crippen molar-refractivity contribution in [3.63, 3.8) is 0 Å². The fraction of sp³-hybridized carbons (Fsp3) is 0.0952. The van der Waals surface area contributed by atoms with E-state index in [0.717, 1.165) is 11.6 Å². The second-order valence-corrected chi connectivity index (χ2v) is 6.22. The number of rotatable bonds is 8. The minimum Gasteiger partial charge on any atom is -0.497 e. The van der Waals surface area contributed by atoms with E-state index < -0.39 is 15.5 Å². The molecule has 10 heteroatoms. The number of non-ortho nitro benzene ring substituents is 1. The summed E-state index contributed by atoms with van der Waals surface area (Å²) in [7, 11) is 3.05. The third-order valence-electron chi connectivity index (χ3n) is 4.39. The van der Waals surface area contributed by atoms with Gasteiger partial charge in [-0.15, -0.1) is 0 Å². The standard InChI is InChI=1S/C21H18N4O6/c1-30-16-9-10-17(20(13-16)31-2)21(14-6-4-3-5-7-14)23-22-18-11-8-15(24(26)27)12-19(18)25(28)29/h3-13,22H,1-2H3. The lowest BCUT2D eigenvalue weighted by Crippen LogP contribution is -2.09. The SMILES string of the molecule is COc1ccc(C(=NNc2ccc([N+](=O)[O-])cc2[N+](=O)[O-])c2ccccc2)c(OC)c1. The molecule has 0 atom stereocenters. The van der Waals surface area contributed by atoms with Crippen LogP contribution in [-0.2, 0) is 0 Å². The van der Waals surface area contributed by atoms with E-state index in [1.54, 1.807) is 18.2 Å². The van der Waals surface area contributed by atoms with Crippen molar-refractivity contribution in [1.29, 1.82) is 0 Å². The Labute approximate surface area is 177 Å². The highest BCUT2D eigenvalue weighted by atomic mass is 16.6. The molecule has 0 unspecified atom stereocenters. The zero-order chi connectivity index (χ0) is 22.4. The topological polar surface area (TPSA) is 129 Å². The molecule has 158 valence electrons. The second-order valence-electron chi connectivity index (χ2n) is 6.22. The molecule has 0 saturated carbocycles. The molecular weight excluding hydrogens is 404 g/mol. The molecule has 0 aliphatic rings. The number of hydrazone groups is 1. The van der Waals surface area contributed by atoms with Crippen LogP contribution in [0.15, 0.2) is 71.8 Å². The number of nitro benzene ring substituents is 2. The van der Waals surface area contributed by atoms with Crippen molar-refractivity contribution >= 4 is 22.8 Å². The molecular formula is C21H18N4O6. The van der Waals surface area contributed by atoms with Crippen LogP contribution < -0.4 is 14.9 Å². The van der Waals surface area contributed by atoms with Crippen LogP contribution in [0, 0.1) is 20.2 Å². The van der Waals surface area contributed by atoms with E-state index in [1.807, 2.05) is 30.3 Å². The van der Waals surface area contributed by atoms with Crippen molar-refractivity contribution in [2.75, 3.05) is 19.6 Å². The van der Waals surface area contributed by atoms with Gasteiger partial charge in [0.05, 0.1) is 30.1 Å². The second kappa shape index (κ2) is 9.35. The molecule has 31 heavy (non-hydrogen) atoms. The molecule has 0 spiro atoms. The molecule has 0 fully saturated rings. The maximum atomic E-state index is 11.4. The number of hydrogen-bond acceptors (Lipinski definition) is 8. The zero-order valence-electron chi connectivity index (χ0n) is 16.6. The molecule has 3 aromatic carbocycles. The lowest BCUT2D eigenvalue weighted by Gasteiger charge is -2.13. The minimum absolute atomic E-state index is 0.0107. The minimum atomic E-state index is -0.707. The van der Waals surface area contributed by atoms with Crippen molar-refractivity contribution < 1.29 is 19.3 Å². The summed E-state index contributed by atoms with van der Waals surface area (Å²) < 4.78 is 10.7. The van der Waals surface area contributed by atoms with E-state index in [0.29, 0.717) is 22.8 Å². The van der Waals surface area contributed by atoms with Gasteiger partial charge >= 0.3 is 5.69 Å². The van der Waals surface area contributed by atoms with Crippen LogP contribution in [0.25, 0.3) is 0 Å². The van der Waals surface area contributed by atoms with Crippen LogP contribution in [0.3, 0.4) is 0 Å². The number of ether oxygens (including phenoxy) is 2. The van der Waals surface area contributed by atoms with E-state index in [2.05, 4.69) is 10.5 Å². The molecule has 10 nitrogen and oxygen atoms in total. The maximum Gasteiger partial charge on any atom is 0.301 e. The summed E-state index contributed by atoms with van der Waals surface area (Å²) in [6, 6.07) is 17.7. The Kier molecular flexibility index (Phi) is 6.41. The summed E-state index contributed by atoms with van der Waals surface area (Å²) in [5, 5.41) is 26.8. The number of methoxy groups -OCH3 is 2. The van der Waals surface area contributed by atoms with Crippen molar-refractivity contribution in [2.45, 2.75) is 0 Å². The van der Waals surface area contributed by atoms with Gasteiger partial charge in [0, 0.05) is 23.3 Å². The Balaban J connectivity index is 2.11. The average molecular weight is 422 g/mol. The molecule has 0 bridgehead atoms. The number of nitrogens with one attached hydrogen (secondary N) is 1. The zero-order valence-corrected chi connectivity index (χ0v) is 16.6. The Bertz CT molecular complexity index is 1150. The third-order valence-corrected chi connectivity index (χ3v) is 4.39. The first-order valence-corrected chi connectivity index (χ1v) is 8.99. The Morgan fingerprint density at radius 1 is 0.903 bits per heavy atom. The van der Waals surface area contributed by atoms with E-state index in [-0.39, 0.29) is 11.4 Å². The van der Waals surface area contributed by atoms with Crippen molar-refractivity contribution in [1.82, 2.24) is 0 Å². The summed E-state index contributed by atoms with van der Waals surface area (Å²) in [6.45, 7) is 0. The van der Waals surface area contributed by atoms with Crippen LogP contribution >= 0.6 is 0 Å². The Hall–Kier alpha value is -4.47. The lowest BCUT2D eigenvalue weighted by atomic mass is 10.0. The largest absolute Gasteiger partial charge is 0.497 e. The lowest BCUT2D eigenvalue weighted by molar-refractivity contribution is -0.393. The van der Waals surface area contributed by atoms with Crippen LogP contribution in [-0.4, -0.2) is 29.8 Å². The van der Waals surface area contributed by atoms with Gasteiger partial charge in [0.25, 0.3) is 5.69 Å². The number of benzene rings is 3. The van der Waals surface area contributed by atoms with Crippen LogP contribution in [0.5, 0.6) is 11.5 Å². The van der Waals surface area contributed by atoms with Crippen LogP contribution in [0.2, 0.25) is 0 Å². The van der Waals surface area contributed by atoms with Crippen molar-refractivity contribution in [3.8, 4) is 11.5 Å². The number of nitrogens with zero attached hydrogens (tertiary/aromatic N) is 3. The molecule has 0 heterocycles. The normalized spacial score (nSPS) is 11.0.